The van der Waals surface area contributed by atoms with Crippen molar-refractivity contribution in [1.82, 2.24) is 5.32 Å². The summed E-state index contributed by atoms with van der Waals surface area (Å²) in [4.78, 5) is 0. The molecule has 2 aromatic carbocycles. The molecule has 1 N–H and O–H groups in total. The fourth-order valence-corrected chi connectivity index (χ4v) is 3.08. The van der Waals surface area contributed by atoms with E-state index in [9.17, 15) is 0 Å². The van der Waals surface area contributed by atoms with Crippen LogP contribution in [0.5, 0.6) is 11.5 Å². The molecule has 110 valence electrons. The van der Waals surface area contributed by atoms with E-state index in [0.29, 0.717) is 6.04 Å². The van der Waals surface area contributed by atoms with Crippen LogP contribution in [0.25, 0.3) is 0 Å². The zero-order chi connectivity index (χ0) is 14.7. The number of nitrogens with one attached hydrogen (secondary N) is 1. The molecule has 0 fully saturated rings. The third-order valence-corrected chi connectivity index (χ3v) is 4.23. The highest BCUT2D eigenvalue weighted by Gasteiger charge is 2.20. The van der Waals surface area contributed by atoms with Crippen molar-refractivity contribution in [2.75, 3.05) is 13.7 Å². The summed E-state index contributed by atoms with van der Waals surface area (Å²) in [5.41, 5.74) is 2.38. The van der Waals surface area contributed by atoms with Crippen molar-refractivity contribution in [3.8, 4) is 11.5 Å². The minimum absolute atomic E-state index is 0.318. The number of ether oxygens (including phenoxy) is 2. The fraction of sp³-hybridized carbons (Fsp3) is 0.294. The van der Waals surface area contributed by atoms with E-state index in [1.165, 1.54) is 5.56 Å². The van der Waals surface area contributed by atoms with Crippen LogP contribution in [0.15, 0.2) is 46.9 Å². The zero-order valence-electron chi connectivity index (χ0n) is 11.9. The van der Waals surface area contributed by atoms with Crippen LogP contribution in [0.4, 0.5) is 0 Å². The Morgan fingerprint density at radius 2 is 2.14 bits per heavy atom. The molecular weight excluding hydrogens is 330 g/mol. The van der Waals surface area contributed by atoms with E-state index in [4.69, 9.17) is 9.47 Å². The SMILES string of the molecule is COc1ccc(Br)cc1CNC1CCOc2ccccc21. The minimum Gasteiger partial charge on any atom is -0.496 e. The molecule has 1 atom stereocenters. The van der Waals surface area contributed by atoms with Gasteiger partial charge in [-0.1, -0.05) is 34.1 Å². The maximum absolute atomic E-state index is 5.70. The average Bonchev–Trinajstić information content (AvgIpc) is 2.53. The van der Waals surface area contributed by atoms with E-state index in [1.807, 2.05) is 24.3 Å². The molecule has 0 aliphatic carbocycles. The molecule has 1 unspecified atom stereocenters. The second kappa shape index (κ2) is 6.50. The molecule has 0 spiro atoms. The van der Waals surface area contributed by atoms with E-state index in [0.717, 1.165) is 41.1 Å². The average molecular weight is 348 g/mol. The third-order valence-electron chi connectivity index (χ3n) is 3.74. The van der Waals surface area contributed by atoms with Crippen molar-refractivity contribution in [3.05, 3.63) is 58.1 Å². The smallest absolute Gasteiger partial charge is 0.124 e. The summed E-state index contributed by atoms with van der Waals surface area (Å²) in [6, 6.07) is 14.6. The number of benzene rings is 2. The number of rotatable bonds is 4. The molecule has 1 aliphatic rings. The summed E-state index contributed by atoms with van der Waals surface area (Å²) in [5, 5.41) is 3.62. The molecule has 2 aromatic rings. The summed E-state index contributed by atoms with van der Waals surface area (Å²) in [5.74, 6) is 1.90. The van der Waals surface area contributed by atoms with E-state index < -0.39 is 0 Å². The highest BCUT2D eigenvalue weighted by Crippen LogP contribution is 2.32. The van der Waals surface area contributed by atoms with E-state index >= 15 is 0 Å². The van der Waals surface area contributed by atoms with Crippen LogP contribution in [0.2, 0.25) is 0 Å². The first-order valence-electron chi connectivity index (χ1n) is 7.05. The van der Waals surface area contributed by atoms with Crippen molar-refractivity contribution in [2.24, 2.45) is 0 Å². The van der Waals surface area contributed by atoms with Crippen LogP contribution in [-0.4, -0.2) is 13.7 Å². The first-order chi connectivity index (χ1) is 10.3. The molecule has 0 bridgehead atoms. The molecular formula is C17H18BrNO2. The molecule has 21 heavy (non-hydrogen) atoms. The number of hydrogen-bond acceptors (Lipinski definition) is 3. The van der Waals surface area contributed by atoms with Gasteiger partial charge in [0.15, 0.2) is 0 Å². The summed E-state index contributed by atoms with van der Waals surface area (Å²) in [6.45, 7) is 1.52. The highest BCUT2D eigenvalue weighted by molar-refractivity contribution is 9.10. The van der Waals surface area contributed by atoms with Gasteiger partial charge >= 0.3 is 0 Å². The van der Waals surface area contributed by atoms with Crippen LogP contribution in [0.3, 0.4) is 0 Å². The summed E-state index contributed by atoms with van der Waals surface area (Å²) < 4.78 is 12.2. The molecule has 1 heterocycles. The van der Waals surface area contributed by atoms with Crippen LogP contribution in [0, 0.1) is 0 Å². The quantitative estimate of drug-likeness (QED) is 0.904. The van der Waals surface area contributed by atoms with Crippen molar-refractivity contribution >= 4 is 15.9 Å². The number of methoxy groups -OCH3 is 1. The van der Waals surface area contributed by atoms with Crippen molar-refractivity contribution < 1.29 is 9.47 Å². The molecule has 0 aromatic heterocycles. The van der Waals surface area contributed by atoms with Crippen molar-refractivity contribution in [2.45, 2.75) is 19.0 Å². The van der Waals surface area contributed by atoms with Crippen molar-refractivity contribution in [1.29, 1.82) is 0 Å². The van der Waals surface area contributed by atoms with Gasteiger partial charge in [0.05, 0.1) is 13.7 Å². The lowest BCUT2D eigenvalue weighted by Crippen LogP contribution is -2.26. The molecule has 0 saturated carbocycles. The molecule has 3 rings (SSSR count). The minimum atomic E-state index is 0.318. The lowest BCUT2D eigenvalue weighted by atomic mass is 10.0. The summed E-state index contributed by atoms with van der Waals surface area (Å²) in [7, 11) is 1.70. The summed E-state index contributed by atoms with van der Waals surface area (Å²) in [6.07, 6.45) is 0.979. The standard InChI is InChI=1S/C17H18BrNO2/c1-20-16-7-6-13(18)10-12(16)11-19-15-8-9-21-17-5-3-2-4-14(15)17/h2-7,10,15,19H,8-9,11H2,1H3. The first-order valence-corrected chi connectivity index (χ1v) is 7.85. The first kappa shape index (κ1) is 14.4. The highest BCUT2D eigenvalue weighted by atomic mass is 79.9. The van der Waals surface area contributed by atoms with E-state index in [-0.39, 0.29) is 0 Å². The van der Waals surface area contributed by atoms with Crippen LogP contribution in [-0.2, 0) is 6.54 Å². The van der Waals surface area contributed by atoms with Gasteiger partial charge in [0.1, 0.15) is 11.5 Å². The Labute approximate surface area is 133 Å². The zero-order valence-corrected chi connectivity index (χ0v) is 13.5. The van der Waals surface area contributed by atoms with Gasteiger partial charge in [0.25, 0.3) is 0 Å². The lowest BCUT2D eigenvalue weighted by molar-refractivity contribution is 0.252. The topological polar surface area (TPSA) is 30.5 Å². The number of fused-ring (bicyclic) bond motifs is 1. The normalized spacial score (nSPS) is 17.0. The van der Waals surface area contributed by atoms with Gasteiger partial charge < -0.3 is 14.8 Å². The molecule has 0 amide bonds. The largest absolute Gasteiger partial charge is 0.496 e. The second-order valence-corrected chi connectivity index (χ2v) is 5.98. The molecule has 4 heteroatoms. The van der Waals surface area contributed by atoms with Gasteiger partial charge in [0, 0.05) is 34.6 Å². The van der Waals surface area contributed by atoms with E-state index in [2.05, 4.69) is 39.4 Å². The van der Waals surface area contributed by atoms with Gasteiger partial charge in [-0.05, 0) is 24.3 Å². The third kappa shape index (κ3) is 3.22. The van der Waals surface area contributed by atoms with Gasteiger partial charge in [-0.15, -0.1) is 0 Å². The Balaban J connectivity index is 1.76. The predicted molar refractivity (Wildman–Crippen MR) is 86.8 cm³/mol. The molecule has 0 radical (unpaired) electrons. The maximum Gasteiger partial charge on any atom is 0.124 e. The molecule has 3 nitrogen and oxygen atoms in total. The maximum atomic E-state index is 5.70. The fourth-order valence-electron chi connectivity index (χ4n) is 2.67. The van der Waals surface area contributed by atoms with E-state index in [1.54, 1.807) is 7.11 Å². The molecule has 0 saturated heterocycles. The number of halogens is 1. The summed E-state index contributed by atoms with van der Waals surface area (Å²) >= 11 is 3.51. The monoisotopic (exact) mass is 347 g/mol. The second-order valence-electron chi connectivity index (χ2n) is 5.06. The van der Waals surface area contributed by atoms with Gasteiger partial charge in [-0.25, -0.2) is 0 Å². The number of hydrogen-bond donors (Lipinski definition) is 1. The van der Waals surface area contributed by atoms with Gasteiger partial charge in [-0.3, -0.25) is 0 Å². The Morgan fingerprint density at radius 3 is 3.00 bits per heavy atom. The van der Waals surface area contributed by atoms with Crippen molar-refractivity contribution in [3.63, 3.8) is 0 Å². The Bertz CT molecular complexity index is 630. The van der Waals surface area contributed by atoms with Crippen LogP contribution < -0.4 is 14.8 Å². The van der Waals surface area contributed by atoms with Gasteiger partial charge in [0.2, 0.25) is 0 Å². The van der Waals surface area contributed by atoms with Gasteiger partial charge in [-0.2, -0.15) is 0 Å². The Morgan fingerprint density at radius 1 is 1.29 bits per heavy atom. The predicted octanol–water partition coefficient (Wildman–Crippen LogP) is 4.07. The Kier molecular flexibility index (Phi) is 4.46. The Hall–Kier alpha value is -1.52. The van der Waals surface area contributed by atoms with Crippen LogP contribution in [0.1, 0.15) is 23.6 Å². The number of para-hydroxylation sites is 1. The molecule has 1 aliphatic heterocycles. The van der Waals surface area contributed by atoms with Crippen LogP contribution >= 0.6 is 15.9 Å². The lowest BCUT2D eigenvalue weighted by Gasteiger charge is -2.27.